The Bertz CT molecular complexity index is 1410. The predicted octanol–water partition coefficient (Wildman–Crippen LogP) is 3.69. The molecule has 0 spiro atoms. The Morgan fingerprint density at radius 3 is 2.59 bits per heavy atom. The Labute approximate surface area is 238 Å². The second-order valence-corrected chi connectivity index (χ2v) is 9.78. The van der Waals surface area contributed by atoms with Crippen molar-refractivity contribution in [2.24, 2.45) is 0 Å². The number of hydrogen-bond donors (Lipinski definition) is 3. The van der Waals surface area contributed by atoms with E-state index >= 15 is 0 Å². The maximum Gasteiger partial charge on any atom is 0.282 e. The van der Waals surface area contributed by atoms with Crippen molar-refractivity contribution in [2.45, 2.75) is 13.3 Å². The third kappa shape index (κ3) is 7.56. The van der Waals surface area contributed by atoms with Gasteiger partial charge >= 0.3 is 0 Å². The zero-order valence-electron chi connectivity index (χ0n) is 23.5. The fourth-order valence-corrected chi connectivity index (χ4v) is 4.48. The number of carbonyl (C=O) groups is 2. The highest BCUT2D eigenvalue weighted by Crippen LogP contribution is 2.28. The molecule has 0 unspecified atom stereocenters. The van der Waals surface area contributed by atoms with Gasteiger partial charge in [0, 0.05) is 61.6 Å². The molecule has 216 valence electrons. The predicted molar refractivity (Wildman–Crippen MR) is 159 cm³/mol. The Kier molecular flexibility index (Phi) is 9.82. The summed E-state index contributed by atoms with van der Waals surface area (Å²) < 4.78 is 5.39. The van der Waals surface area contributed by atoms with Crippen LogP contribution in [0.15, 0.2) is 54.7 Å². The monoisotopic (exact) mass is 561 g/mol. The summed E-state index contributed by atoms with van der Waals surface area (Å²) >= 11 is 0. The fourth-order valence-electron chi connectivity index (χ4n) is 4.48. The third-order valence-electron chi connectivity index (χ3n) is 6.87. The van der Waals surface area contributed by atoms with Crippen LogP contribution in [0.3, 0.4) is 0 Å². The lowest BCUT2D eigenvalue weighted by Crippen LogP contribution is -2.36. The van der Waals surface area contributed by atoms with Crippen LogP contribution in [0.1, 0.15) is 32.7 Å². The minimum Gasteiger partial charge on any atom is -0.378 e. The number of hydrogen-bond acceptors (Lipinski definition) is 9. The number of ether oxygens (including phenoxy) is 1. The highest BCUT2D eigenvalue weighted by Gasteiger charge is 2.23. The molecule has 12 heteroatoms. The van der Waals surface area contributed by atoms with E-state index < -0.39 is 10.8 Å². The second-order valence-electron chi connectivity index (χ2n) is 9.78. The van der Waals surface area contributed by atoms with Crippen LogP contribution in [-0.4, -0.2) is 75.2 Å². The van der Waals surface area contributed by atoms with Gasteiger partial charge in [0.2, 0.25) is 0 Å². The van der Waals surface area contributed by atoms with Crippen molar-refractivity contribution < 1.29 is 19.2 Å². The summed E-state index contributed by atoms with van der Waals surface area (Å²) in [5, 5.41) is 20.5. The van der Waals surface area contributed by atoms with Gasteiger partial charge in [-0.05, 0) is 68.9 Å². The molecule has 12 nitrogen and oxygen atoms in total. The molecular formula is C29H35N7O5. The topological polar surface area (TPSA) is 142 Å². The van der Waals surface area contributed by atoms with Crippen LogP contribution in [0.4, 0.5) is 28.6 Å². The maximum atomic E-state index is 13.3. The van der Waals surface area contributed by atoms with Gasteiger partial charge in [-0.15, -0.1) is 0 Å². The highest BCUT2D eigenvalue weighted by molar-refractivity contribution is 6.09. The molecule has 3 aromatic rings. The van der Waals surface area contributed by atoms with E-state index in [0.717, 1.165) is 18.5 Å². The highest BCUT2D eigenvalue weighted by atomic mass is 16.6. The van der Waals surface area contributed by atoms with E-state index in [1.807, 2.05) is 19.0 Å². The summed E-state index contributed by atoms with van der Waals surface area (Å²) in [6.07, 6.45) is 2.47. The molecule has 0 saturated carbocycles. The standard InChI is InChI=1S/C29H35N7O5/c1-20-5-6-22(32-28(37)21-9-11-31-27(17-21)35-13-15-41-16-14-35)18-25(20)33-29(38)24-19-23(7-8-26(24)36(39)40)34(3)12-4-10-30-2/h5-9,11,17-19,30H,4,10,12-16H2,1-3H3,(H,32,37)(H,33,38). The van der Waals surface area contributed by atoms with Crippen LogP contribution in [0.5, 0.6) is 0 Å². The molecule has 0 radical (unpaired) electrons. The smallest absolute Gasteiger partial charge is 0.282 e. The first-order valence-electron chi connectivity index (χ1n) is 13.4. The van der Waals surface area contributed by atoms with Crippen molar-refractivity contribution in [3.05, 3.63) is 81.5 Å². The SMILES string of the molecule is CNCCCN(C)c1ccc([N+](=O)[O-])c(C(=O)Nc2cc(NC(=O)c3ccnc(N4CCOCC4)c3)ccc2C)c1. The number of carbonyl (C=O) groups excluding carboxylic acids is 2. The molecular weight excluding hydrogens is 526 g/mol. The van der Waals surface area contributed by atoms with E-state index in [1.54, 1.807) is 49.5 Å². The van der Waals surface area contributed by atoms with Gasteiger partial charge in [0.1, 0.15) is 11.4 Å². The van der Waals surface area contributed by atoms with Crippen LogP contribution in [0, 0.1) is 17.0 Å². The van der Waals surface area contributed by atoms with Crippen molar-refractivity contribution in [3.63, 3.8) is 0 Å². The van der Waals surface area contributed by atoms with Gasteiger partial charge in [-0.25, -0.2) is 4.98 Å². The molecule has 0 aliphatic carbocycles. The summed E-state index contributed by atoms with van der Waals surface area (Å²) in [4.78, 5) is 45.9. The normalized spacial score (nSPS) is 13.0. The quantitative estimate of drug-likeness (QED) is 0.182. The molecule has 0 bridgehead atoms. The van der Waals surface area contributed by atoms with Crippen LogP contribution >= 0.6 is 0 Å². The molecule has 1 fully saturated rings. The number of aromatic nitrogens is 1. The van der Waals surface area contributed by atoms with Crippen LogP contribution < -0.4 is 25.8 Å². The number of nitro benzene ring substituents is 1. The summed E-state index contributed by atoms with van der Waals surface area (Å²) in [5.41, 5.74) is 2.44. The molecule has 1 aliphatic heterocycles. The average molecular weight is 562 g/mol. The van der Waals surface area contributed by atoms with Crippen molar-refractivity contribution in [3.8, 4) is 0 Å². The van der Waals surface area contributed by atoms with E-state index in [0.29, 0.717) is 61.3 Å². The van der Waals surface area contributed by atoms with Gasteiger partial charge in [-0.1, -0.05) is 6.07 Å². The summed E-state index contributed by atoms with van der Waals surface area (Å²) in [5.74, 6) is -0.236. The Morgan fingerprint density at radius 2 is 1.85 bits per heavy atom. The van der Waals surface area contributed by atoms with Crippen molar-refractivity contribution in [2.75, 3.05) is 73.9 Å². The molecule has 1 aliphatic rings. The first-order chi connectivity index (χ1) is 19.8. The number of amides is 2. The Balaban J connectivity index is 1.51. The molecule has 4 rings (SSSR count). The van der Waals surface area contributed by atoms with E-state index in [9.17, 15) is 19.7 Å². The van der Waals surface area contributed by atoms with Crippen molar-refractivity contribution in [1.29, 1.82) is 0 Å². The maximum absolute atomic E-state index is 13.3. The van der Waals surface area contributed by atoms with Crippen LogP contribution in [0.25, 0.3) is 0 Å². The molecule has 3 N–H and O–H groups in total. The molecule has 1 aromatic heterocycles. The van der Waals surface area contributed by atoms with Gasteiger partial charge in [-0.3, -0.25) is 19.7 Å². The zero-order valence-corrected chi connectivity index (χ0v) is 23.5. The summed E-state index contributed by atoms with van der Waals surface area (Å²) in [6.45, 7) is 5.96. The van der Waals surface area contributed by atoms with E-state index in [-0.39, 0.29) is 17.2 Å². The van der Waals surface area contributed by atoms with E-state index in [1.165, 1.54) is 12.1 Å². The van der Waals surface area contributed by atoms with Crippen molar-refractivity contribution in [1.82, 2.24) is 10.3 Å². The molecule has 0 atom stereocenters. The van der Waals surface area contributed by atoms with Crippen LogP contribution in [-0.2, 0) is 4.74 Å². The number of rotatable bonds is 11. The second kappa shape index (κ2) is 13.7. The van der Waals surface area contributed by atoms with Gasteiger partial charge in [0.05, 0.1) is 18.1 Å². The minimum atomic E-state index is -0.613. The van der Waals surface area contributed by atoms with Crippen LogP contribution in [0.2, 0.25) is 0 Å². The summed E-state index contributed by atoms with van der Waals surface area (Å²) in [6, 6.07) is 13.0. The minimum absolute atomic E-state index is 0.0470. The number of aryl methyl sites for hydroxylation is 1. The number of anilines is 4. The number of benzene rings is 2. The first kappa shape index (κ1) is 29.4. The van der Waals surface area contributed by atoms with Crippen molar-refractivity contribution >= 4 is 40.4 Å². The number of nitrogens with zero attached hydrogens (tertiary/aromatic N) is 4. The lowest BCUT2D eigenvalue weighted by molar-refractivity contribution is -0.385. The lowest BCUT2D eigenvalue weighted by atomic mass is 10.1. The van der Waals surface area contributed by atoms with E-state index in [4.69, 9.17) is 4.74 Å². The van der Waals surface area contributed by atoms with Gasteiger partial charge in [0.25, 0.3) is 17.5 Å². The number of pyridine rings is 1. The largest absolute Gasteiger partial charge is 0.378 e. The Morgan fingerprint density at radius 1 is 1.07 bits per heavy atom. The number of nitro groups is 1. The fraction of sp³-hybridized carbons (Fsp3) is 0.345. The number of nitrogens with one attached hydrogen (secondary N) is 3. The van der Waals surface area contributed by atoms with Gasteiger partial charge < -0.3 is 30.5 Å². The molecule has 2 heterocycles. The van der Waals surface area contributed by atoms with Gasteiger partial charge in [0.15, 0.2) is 0 Å². The lowest BCUT2D eigenvalue weighted by Gasteiger charge is -2.27. The average Bonchev–Trinajstić information content (AvgIpc) is 2.99. The molecule has 1 saturated heterocycles. The summed E-state index contributed by atoms with van der Waals surface area (Å²) in [7, 11) is 3.75. The van der Waals surface area contributed by atoms with E-state index in [2.05, 4.69) is 25.8 Å². The first-order valence-corrected chi connectivity index (χ1v) is 13.4. The Hall–Kier alpha value is -4.55. The molecule has 2 aromatic carbocycles. The number of morpholine rings is 1. The molecule has 41 heavy (non-hydrogen) atoms. The van der Waals surface area contributed by atoms with Gasteiger partial charge in [-0.2, -0.15) is 0 Å². The third-order valence-corrected chi connectivity index (χ3v) is 6.87. The zero-order chi connectivity index (χ0) is 29.4. The molecule has 2 amide bonds.